The molecule has 0 fully saturated rings. The molecule has 0 amide bonds. The summed E-state index contributed by atoms with van der Waals surface area (Å²) in [5.74, 6) is 0. The van der Waals surface area contributed by atoms with Crippen LogP contribution in [0.2, 0.25) is 0 Å². The van der Waals surface area contributed by atoms with Gasteiger partial charge in [0.05, 0.1) is 24.1 Å². The van der Waals surface area contributed by atoms with E-state index < -0.39 is 0 Å². The molecule has 0 radical (unpaired) electrons. The lowest BCUT2D eigenvalue weighted by atomic mass is 10.1. The molecule has 1 heterocycles. The van der Waals surface area contributed by atoms with Crippen molar-refractivity contribution in [3.8, 4) is 6.07 Å². The predicted octanol–water partition coefficient (Wildman–Crippen LogP) is 3.43. The molecule has 0 aliphatic carbocycles. The Morgan fingerprint density at radius 1 is 1.53 bits per heavy atom. The highest BCUT2D eigenvalue weighted by molar-refractivity contribution is 9.10. The maximum Gasteiger partial charge on any atom is 0.115 e. The van der Waals surface area contributed by atoms with Crippen LogP contribution in [0.3, 0.4) is 0 Å². The van der Waals surface area contributed by atoms with Gasteiger partial charge in [0.2, 0.25) is 0 Å². The molecule has 1 aliphatic heterocycles. The van der Waals surface area contributed by atoms with Crippen LogP contribution in [0.4, 0.5) is 5.69 Å². The first kappa shape index (κ1) is 12.0. The lowest BCUT2D eigenvalue weighted by Gasteiger charge is -2.20. The van der Waals surface area contributed by atoms with Crippen molar-refractivity contribution in [1.82, 2.24) is 0 Å². The summed E-state index contributed by atoms with van der Waals surface area (Å²) in [5, 5.41) is 12.3. The second-order valence-corrected chi connectivity index (χ2v) is 4.81. The molecule has 1 unspecified atom stereocenters. The Bertz CT molecular complexity index is 465. The lowest BCUT2D eigenvalue weighted by Crippen LogP contribution is -2.23. The van der Waals surface area contributed by atoms with Crippen LogP contribution in [-0.4, -0.2) is 12.6 Å². The molecular formula is C13H13BrN2O. The van der Waals surface area contributed by atoms with Crippen molar-refractivity contribution in [2.75, 3.05) is 11.9 Å². The smallest absolute Gasteiger partial charge is 0.115 e. The topological polar surface area (TPSA) is 45.0 Å². The van der Waals surface area contributed by atoms with E-state index in [1.165, 1.54) is 0 Å². The Labute approximate surface area is 109 Å². The number of nitriles is 1. The number of hydrogen-bond donors (Lipinski definition) is 1. The van der Waals surface area contributed by atoms with Gasteiger partial charge in [0, 0.05) is 4.47 Å². The Balaban J connectivity index is 2.00. The number of nitrogens with zero attached hydrogens (tertiary/aromatic N) is 1. The van der Waals surface area contributed by atoms with Crippen LogP contribution in [0, 0.1) is 11.3 Å². The molecule has 2 rings (SSSR count). The zero-order valence-corrected chi connectivity index (χ0v) is 10.9. The van der Waals surface area contributed by atoms with E-state index in [-0.39, 0.29) is 6.10 Å². The molecule has 1 aromatic rings. The first-order valence-corrected chi connectivity index (χ1v) is 6.33. The van der Waals surface area contributed by atoms with E-state index in [9.17, 15) is 0 Å². The minimum absolute atomic E-state index is 0.186. The van der Waals surface area contributed by atoms with Crippen molar-refractivity contribution in [2.24, 2.45) is 0 Å². The molecule has 17 heavy (non-hydrogen) atoms. The van der Waals surface area contributed by atoms with Crippen LogP contribution in [-0.2, 0) is 4.74 Å². The Morgan fingerprint density at radius 2 is 2.41 bits per heavy atom. The van der Waals surface area contributed by atoms with Crippen molar-refractivity contribution in [3.63, 3.8) is 0 Å². The lowest BCUT2D eigenvalue weighted by molar-refractivity contribution is 0.135. The van der Waals surface area contributed by atoms with Crippen LogP contribution in [0.1, 0.15) is 18.4 Å². The quantitative estimate of drug-likeness (QED) is 0.928. The predicted molar refractivity (Wildman–Crippen MR) is 70.6 cm³/mol. The molecule has 88 valence electrons. The summed E-state index contributed by atoms with van der Waals surface area (Å²) in [6.45, 7) is 0.718. The summed E-state index contributed by atoms with van der Waals surface area (Å²) < 4.78 is 6.43. The van der Waals surface area contributed by atoms with Gasteiger partial charge in [-0.25, -0.2) is 0 Å². The number of nitrogens with one attached hydrogen (secondary N) is 1. The fraction of sp³-hybridized carbons (Fsp3) is 0.308. The average Bonchev–Trinajstić information content (AvgIpc) is 2.38. The van der Waals surface area contributed by atoms with E-state index in [1.807, 2.05) is 18.2 Å². The molecule has 0 saturated carbocycles. The number of anilines is 1. The van der Waals surface area contributed by atoms with Crippen molar-refractivity contribution in [1.29, 1.82) is 5.26 Å². The standard InChI is InChI=1S/C13H13BrN2O/c14-11-5-4-10(8-15)13(7-11)16-9-12-3-1-2-6-17-12/h2,4-7,12,16H,1,3,9H2. The second kappa shape index (κ2) is 5.74. The highest BCUT2D eigenvalue weighted by atomic mass is 79.9. The molecule has 4 heteroatoms. The molecule has 3 nitrogen and oxygen atoms in total. The molecule has 0 bridgehead atoms. The summed E-state index contributed by atoms with van der Waals surface area (Å²) in [7, 11) is 0. The monoisotopic (exact) mass is 292 g/mol. The minimum Gasteiger partial charge on any atom is -0.497 e. The molecule has 0 saturated heterocycles. The molecule has 1 atom stereocenters. The van der Waals surface area contributed by atoms with Crippen LogP contribution < -0.4 is 5.32 Å². The van der Waals surface area contributed by atoms with E-state index >= 15 is 0 Å². The van der Waals surface area contributed by atoms with E-state index in [1.54, 1.807) is 12.3 Å². The van der Waals surface area contributed by atoms with Gasteiger partial charge < -0.3 is 10.1 Å². The van der Waals surface area contributed by atoms with Gasteiger partial charge >= 0.3 is 0 Å². The highest BCUT2D eigenvalue weighted by Gasteiger charge is 2.11. The first-order valence-electron chi connectivity index (χ1n) is 5.53. The number of allylic oxidation sites excluding steroid dienone is 1. The minimum atomic E-state index is 0.186. The Morgan fingerprint density at radius 3 is 3.12 bits per heavy atom. The molecule has 0 spiro atoms. The van der Waals surface area contributed by atoms with E-state index in [2.05, 4.69) is 27.3 Å². The van der Waals surface area contributed by atoms with Gasteiger partial charge in [0.25, 0.3) is 0 Å². The zero-order chi connectivity index (χ0) is 12.1. The van der Waals surface area contributed by atoms with Gasteiger partial charge in [-0.2, -0.15) is 5.26 Å². The van der Waals surface area contributed by atoms with Gasteiger partial charge in [-0.3, -0.25) is 0 Å². The van der Waals surface area contributed by atoms with E-state index in [4.69, 9.17) is 10.00 Å². The van der Waals surface area contributed by atoms with Crippen molar-refractivity contribution in [2.45, 2.75) is 18.9 Å². The van der Waals surface area contributed by atoms with Gasteiger partial charge in [-0.1, -0.05) is 15.9 Å². The third-order valence-corrected chi connectivity index (χ3v) is 3.14. The van der Waals surface area contributed by atoms with E-state index in [0.29, 0.717) is 5.56 Å². The van der Waals surface area contributed by atoms with Crippen molar-refractivity contribution < 1.29 is 4.74 Å². The maximum absolute atomic E-state index is 9.00. The molecule has 0 aromatic heterocycles. The number of rotatable bonds is 3. The van der Waals surface area contributed by atoms with Crippen molar-refractivity contribution in [3.05, 3.63) is 40.6 Å². The number of benzene rings is 1. The normalized spacial score (nSPS) is 18.2. The fourth-order valence-corrected chi connectivity index (χ4v) is 2.08. The number of ether oxygens (including phenoxy) is 1. The summed E-state index contributed by atoms with van der Waals surface area (Å²) in [6, 6.07) is 7.75. The molecular weight excluding hydrogens is 280 g/mol. The number of hydrogen-bond acceptors (Lipinski definition) is 3. The summed E-state index contributed by atoms with van der Waals surface area (Å²) in [6.07, 6.45) is 6.03. The van der Waals surface area contributed by atoms with Crippen LogP contribution in [0.25, 0.3) is 0 Å². The van der Waals surface area contributed by atoms with Gasteiger partial charge in [0.15, 0.2) is 0 Å². The van der Waals surface area contributed by atoms with Crippen LogP contribution in [0.5, 0.6) is 0 Å². The summed E-state index contributed by atoms with van der Waals surface area (Å²) >= 11 is 3.40. The largest absolute Gasteiger partial charge is 0.497 e. The van der Waals surface area contributed by atoms with Gasteiger partial charge in [-0.15, -0.1) is 0 Å². The zero-order valence-electron chi connectivity index (χ0n) is 9.32. The first-order chi connectivity index (χ1) is 8.29. The third kappa shape index (κ3) is 3.24. The van der Waals surface area contributed by atoms with Crippen LogP contribution in [0.15, 0.2) is 35.0 Å². The highest BCUT2D eigenvalue weighted by Crippen LogP contribution is 2.21. The Hall–Kier alpha value is -1.47. The molecule has 1 aliphatic rings. The van der Waals surface area contributed by atoms with E-state index in [0.717, 1.165) is 29.5 Å². The molecule has 1 N–H and O–H groups in total. The van der Waals surface area contributed by atoms with Crippen LogP contribution >= 0.6 is 15.9 Å². The molecule has 1 aromatic carbocycles. The summed E-state index contributed by atoms with van der Waals surface area (Å²) in [5.41, 5.74) is 1.50. The third-order valence-electron chi connectivity index (χ3n) is 2.64. The average molecular weight is 293 g/mol. The Kier molecular flexibility index (Phi) is 4.05. The van der Waals surface area contributed by atoms with Gasteiger partial charge in [0.1, 0.15) is 12.2 Å². The summed E-state index contributed by atoms with van der Waals surface area (Å²) in [4.78, 5) is 0. The SMILES string of the molecule is N#Cc1ccc(Br)cc1NCC1CCC=CO1. The number of halogens is 1. The fourth-order valence-electron chi connectivity index (χ4n) is 1.72. The maximum atomic E-state index is 9.00. The van der Waals surface area contributed by atoms with Crippen molar-refractivity contribution >= 4 is 21.6 Å². The second-order valence-electron chi connectivity index (χ2n) is 3.89. The van der Waals surface area contributed by atoms with Gasteiger partial charge in [-0.05, 0) is 37.1 Å².